The maximum absolute atomic E-state index is 6.41. The average Bonchev–Trinajstić information content (AvgIpc) is 2.99. The number of piperazine rings is 1. The number of nitrogens with two attached hydrogens (primary N) is 1. The number of aromatic amines is 1. The van der Waals surface area contributed by atoms with Gasteiger partial charge < -0.3 is 15.6 Å². The second kappa shape index (κ2) is 7.45. The van der Waals surface area contributed by atoms with E-state index in [0.29, 0.717) is 11.7 Å². The zero-order valence-electron chi connectivity index (χ0n) is 13.5. The molecule has 3 rings (SSSR count). The Morgan fingerprint density at radius 2 is 1.91 bits per heavy atom. The molecule has 1 fully saturated rings. The number of benzene rings is 1. The number of likely N-dealkylation sites (N-methyl/N-ethyl adjacent to an activating group) is 1. The number of imidazole rings is 1. The second-order valence-electron chi connectivity index (χ2n) is 5.88. The SMILES string of the molecule is CCN1CCN(C(CN)c2[nH]c(-c3ccccc3)nc2Cl)CC1. The Kier molecular flexibility index (Phi) is 5.33. The van der Waals surface area contributed by atoms with Crippen molar-refractivity contribution in [2.24, 2.45) is 5.73 Å². The van der Waals surface area contributed by atoms with E-state index < -0.39 is 0 Å². The molecular formula is C17H24ClN5. The third-order valence-electron chi connectivity index (χ3n) is 4.58. The molecule has 1 saturated heterocycles. The molecule has 1 atom stereocenters. The van der Waals surface area contributed by atoms with Gasteiger partial charge in [0.15, 0.2) is 5.15 Å². The van der Waals surface area contributed by atoms with E-state index in [2.05, 4.69) is 26.7 Å². The Morgan fingerprint density at radius 1 is 1.22 bits per heavy atom. The summed E-state index contributed by atoms with van der Waals surface area (Å²) in [5.41, 5.74) is 8.02. The largest absolute Gasteiger partial charge is 0.339 e. The number of rotatable bonds is 5. The van der Waals surface area contributed by atoms with Crippen LogP contribution < -0.4 is 5.73 Å². The van der Waals surface area contributed by atoms with Gasteiger partial charge in [0, 0.05) is 38.3 Å². The molecule has 1 aromatic heterocycles. The summed E-state index contributed by atoms with van der Waals surface area (Å²) in [4.78, 5) is 12.7. The van der Waals surface area contributed by atoms with Gasteiger partial charge in [0.25, 0.3) is 0 Å². The van der Waals surface area contributed by atoms with Crippen LogP contribution in [0.1, 0.15) is 18.7 Å². The Hall–Kier alpha value is -1.40. The van der Waals surface area contributed by atoms with Crippen molar-refractivity contribution in [2.45, 2.75) is 13.0 Å². The fraction of sp³-hybridized carbons (Fsp3) is 0.471. The Labute approximate surface area is 142 Å². The summed E-state index contributed by atoms with van der Waals surface area (Å²) in [6.45, 7) is 7.99. The molecule has 2 aromatic rings. The van der Waals surface area contributed by atoms with Crippen LogP contribution in [-0.2, 0) is 0 Å². The van der Waals surface area contributed by atoms with E-state index in [9.17, 15) is 0 Å². The lowest BCUT2D eigenvalue weighted by Gasteiger charge is -2.38. The molecule has 6 heteroatoms. The number of halogens is 1. The van der Waals surface area contributed by atoms with Crippen LogP contribution in [0.25, 0.3) is 11.4 Å². The minimum atomic E-state index is 0.0893. The summed E-state index contributed by atoms with van der Waals surface area (Å²) in [5, 5.41) is 0.525. The van der Waals surface area contributed by atoms with Crippen LogP contribution in [0.5, 0.6) is 0 Å². The first-order chi connectivity index (χ1) is 11.2. The molecule has 0 saturated carbocycles. The van der Waals surface area contributed by atoms with Crippen molar-refractivity contribution in [1.82, 2.24) is 19.8 Å². The molecule has 5 nitrogen and oxygen atoms in total. The zero-order valence-corrected chi connectivity index (χ0v) is 14.3. The van der Waals surface area contributed by atoms with Gasteiger partial charge in [-0.2, -0.15) is 0 Å². The standard InChI is InChI=1S/C17H24ClN5/c1-2-22-8-10-23(11-9-22)14(12-19)15-16(18)21-17(20-15)13-6-4-3-5-7-13/h3-7,14H,2,8-12,19H2,1H3,(H,20,21). The quantitative estimate of drug-likeness (QED) is 0.882. The Bertz CT molecular complexity index is 619. The van der Waals surface area contributed by atoms with Crippen molar-refractivity contribution in [3.63, 3.8) is 0 Å². The molecule has 0 aliphatic carbocycles. The van der Waals surface area contributed by atoms with Crippen molar-refractivity contribution >= 4 is 11.6 Å². The van der Waals surface area contributed by atoms with E-state index in [-0.39, 0.29) is 6.04 Å². The molecule has 124 valence electrons. The first kappa shape index (κ1) is 16.5. The molecule has 23 heavy (non-hydrogen) atoms. The summed E-state index contributed by atoms with van der Waals surface area (Å²) >= 11 is 6.41. The van der Waals surface area contributed by atoms with E-state index in [1.54, 1.807) is 0 Å². The van der Waals surface area contributed by atoms with Gasteiger partial charge in [0.1, 0.15) is 5.82 Å². The van der Waals surface area contributed by atoms with Crippen molar-refractivity contribution in [1.29, 1.82) is 0 Å². The van der Waals surface area contributed by atoms with Crippen molar-refractivity contribution < 1.29 is 0 Å². The maximum Gasteiger partial charge on any atom is 0.152 e. The monoisotopic (exact) mass is 333 g/mol. The van der Waals surface area contributed by atoms with Gasteiger partial charge in [0.2, 0.25) is 0 Å². The highest BCUT2D eigenvalue weighted by atomic mass is 35.5. The van der Waals surface area contributed by atoms with E-state index in [0.717, 1.165) is 49.8 Å². The van der Waals surface area contributed by atoms with E-state index in [1.807, 2.05) is 30.3 Å². The third-order valence-corrected chi connectivity index (χ3v) is 4.87. The lowest BCUT2D eigenvalue weighted by molar-refractivity contribution is 0.101. The van der Waals surface area contributed by atoms with E-state index in [1.165, 1.54) is 0 Å². The normalized spacial score (nSPS) is 18.2. The molecular weight excluding hydrogens is 310 g/mol. The van der Waals surface area contributed by atoms with Crippen molar-refractivity contribution in [3.05, 3.63) is 41.2 Å². The molecule has 0 bridgehead atoms. The van der Waals surface area contributed by atoms with Crippen molar-refractivity contribution in [2.75, 3.05) is 39.3 Å². The molecule has 2 heterocycles. The lowest BCUT2D eigenvalue weighted by Crippen LogP contribution is -2.48. The van der Waals surface area contributed by atoms with Gasteiger partial charge in [-0.25, -0.2) is 4.98 Å². The summed E-state index contributed by atoms with van der Waals surface area (Å²) in [6, 6.07) is 10.1. The zero-order chi connectivity index (χ0) is 16.2. The number of hydrogen-bond donors (Lipinski definition) is 2. The van der Waals surface area contributed by atoms with Crippen LogP contribution in [-0.4, -0.2) is 59.0 Å². The number of nitrogens with zero attached hydrogens (tertiary/aromatic N) is 3. The Morgan fingerprint density at radius 3 is 2.52 bits per heavy atom. The van der Waals surface area contributed by atoms with Gasteiger partial charge in [-0.3, -0.25) is 4.90 Å². The average molecular weight is 334 g/mol. The molecule has 1 aliphatic heterocycles. The smallest absolute Gasteiger partial charge is 0.152 e. The van der Waals surface area contributed by atoms with Crippen LogP contribution in [0.3, 0.4) is 0 Å². The van der Waals surface area contributed by atoms with Crippen LogP contribution in [0.4, 0.5) is 0 Å². The summed E-state index contributed by atoms with van der Waals surface area (Å²) in [7, 11) is 0. The first-order valence-corrected chi connectivity index (χ1v) is 8.58. The molecule has 0 radical (unpaired) electrons. The van der Waals surface area contributed by atoms with Gasteiger partial charge in [-0.15, -0.1) is 0 Å². The third kappa shape index (κ3) is 3.58. The topological polar surface area (TPSA) is 61.2 Å². The van der Waals surface area contributed by atoms with Crippen LogP contribution in [0, 0.1) is 0 Å². The predicted octanol–water partition coefficient (Wildman–Crippen LogP) is 2.37. The summed E-state index contributed by atoms with van der Waals surface area (Å²) < 4.78 is 0. The minimum absolute atomic E-state index is 0.0893. The first-order valence-electron chi connectivity index (χ1n) is 8.20. The summed E-state index contributed by atoms with van der Waals surface area (Å²) in [6.07, 6.45) is 0. The number of H-pyrrole nitrogens is 1. The number of aromatic nitrogens is 2. The minimum Gasteiger partial charge on any atom is -0.339 e. The Balaban J connectivity index is 1.81. The highest BCUT2D eigenvalue weighted by Crippen LogP contribution is 2.29. The lowest BCUT2D eigenvalue weighted by atomic mass is 10.1. The van der Waals surface area contributed by atoms with Crippen LogP contribution >= 0.6 is 11.6 Å². The number of nitrogens with one attached hydrogen (secondary N) is 1. The maximum atomic E-state index is 6.41. The van der Waals surface area contributed by atoms with Crippen molar-refractivity contribution in [3.8, 4) is 11.4 Å². The molecule has 1 aromatic carbocycles. The van der Waals surface area contributed by atoms with Gasteiger partial charge in [-0.1, -0.05) is 48.9 Å². The molecule has 1 aliphatic rings. The fourth-order valence-electron chi connectivity index (χ4n) is 3.16. The molecule has 0 spiro atoms. The highest BCUT2D eigenvalue weighted by molar-refractivity contribution is 6.30. The van der Waals surface area contributed by atoms with Crippen LogP contribution in [0.2, 0.25) is 5.15 Å². The molecule has 1 unspecified atom stereocenters. The van der Waals surface area contributed by atoms with Crippen LogP contribution in [0.15, 0.2) is 30.3 Å². The van der Waals surface area contributed by atoms with Gasteiger partial charge in [0.05, 0.1) is 11.7 Å². The van der Waals surface area contributed by atoms with E-state index in [4.69, 9.17) is 17.3 Å². The summed E-state index contributed by atoms with van der Waals surface area (Å²) in [5.74, 6) is 0.802. The fourth-order valence-corrected chi connectivity index (χ4v) is 3.42. The highest BCUT2D eigenvalue weighted by Gasteiger charge is 2.27. The molecule has 0 amide bonds. The van der Waals surface area contributed by atoms with Gasteiger partial charge in [-0.05, 0) is 6.54 Å². The van der Waals surface area contributed by atoms with Gasteiger partial charge >= 0.3 is 0 Å². The second-order valence-corrected chi connectivity index (χ2v) is 6.24. The predicted molar refractivity (Wildman–Crippen MR) is 94.5 cm³/mol. The number of hydrogen-bond acceptors (Lipinski definition) is 4. The van der Waals surface area contributed by atoms with E-state index >= 15 is 0 Å². The molecule has 3 N–H and O–H groups in total.